The Hall–Kier alpha value is -1.11. The molecule has 0 aliphatic carbocycles. The number of aryl methyl sites for hydroxylation is 1. The normalized spacial score (nSPS) is 10.4. The second kappa shape index (κ2) is 6.56. The van der Waals surface area contributed by atoms with Crippen LogP contribution in [0.2, 0.25) is 5.02 Å². The van der Waals surface area contributed by atoms with Gasteiger partial charge in [0.1, 0.15) is 10.6 Å². The van der Waals surface area contributed by atoms with Crippen LogP contribution in [-0.2, 0) is 4.74 Å². The largest absolute Gasteiger partial charge is 0.462 e. The van der Waals surface area contributed by atoms with Crippen molar-refractivity contribution in [3.8, 4) is 0 Å². The van der Waals surface area contributed by atoms with Crippen molar-refractivity contribution in [2.45, 2.75) is 13.8 Å². The zero-order valence-electron chi connectivity index (χ0n) is 10.9. The van der Waals surface area contributed by atoms with Gasteiger partial charge in [0.05, 0.1) is 23.0 Å². The second-order valence-electron chi connectivity index (χ2n) is 3.94. The number of esters is 1. The molecular weight excluding hydrogens is 364 g/mol. The molecule has 0 saturated carbocycles. The summed E-state index contributed by atoms with van der Waals surface area (Å²) in [5, 5.41) is 4.32. The molecule has 0 amide bonds. The molecule has 0 aliphatic rings. The van der Waals surface area contributed by atoms with E-state index in [1.165, 1.54) is 11.5 Å². The molecule has 20 heavy (non-hydrogen) atoms. The molecule has 2 rings (SSSR count). The first-order chi connectivity index (χ1) is 9.52. The molecule has 0 saturated heterocycles. The summed E-state index contributed by atoms with van der Waals surface area (Å²) >= 11 is 10.7. The van der Waals surface area contributed by atoms with Crippen LogP contribution in [0.3, 0.4) is 0 Å². The highest BCUT2D eigenvalue weighted by Crippen LogP contribution is 2.33. The molecule has 0 bridgehead atoms. The van der Waals surface area contributed by atoms with Crippen molar-refractivity contribution in [1.82, 2.24) is 4.37 Å². The summed E-state index contributed by atoms with van der Waals surface area (Å²) < 4.78 is 10.1. The predicted octanol–water partition coefficient (Wildman–Crippen LogP) is 4.79. The van der Waals surface area contributed by atoms with Gasteiger partial charge in [-0.2, -0.15) is 4.37 Å². The van der Waals surface area contributed by atoms with Crippen molar-refractivity contribution in [2.75, 3.05) is 11.9 Å². The van der Waals surface area contributed by atoms with E-state index in [-0.39, 0.29) is 5.97 Å². The molecule has 4 nitrogen and oxygen atoms in total. The number of nitrogens with one attached hydrogen (secondary N) is 1. The standard InChI is InChI=1S/C13H12BrClN2O2S/c1-3-19-13(18)11-7(2)17-20-12(11)16-10-6-8(14)4-5-9(10)15/h4-6,16H,3H2,1-2H3. The number of benzene rings is 1. The van der Waals surface area contributed by atoms with E-state index >= 15 is 0 Å². The van der Waals surface area contributed by atoms with Crippen LogP contribution in [0.15, 0.2) is 22.7 Å². The number of aromatic nitrogens is 1. The third-order valence-electron chi connectivity index (χ3n) is 2.52. The third-order valence-corrected chi connectivity index (χ3v) is 4.20. The average Bonchev–Trinajstić information content (AvgIpc) is 2.75. The van der Waals surface area contributed by atoms with Gasteiger partial charge >= 0.3 is 5.97 Å². The van der Waals surface area contributed by atoms with Gasteiger partial charge in [0.25, 0.3) is 0 Å². The van der Waals surface area contributed by atoms with Gasteiger partial charge in [0, 0.05) is 4.47 Å². The Bertz CT molecular complexity index is 645. The minimum absolute atomic E-state index is 0.325. The number of hydrogen-bond acceptors (Lipinski definition) is 5. The van der Waals surface area contributed by atoms with Gasteiger partial charge in [0.2, 0.25) is 0 Å². The fourth-order valence-corrected chi connectivity index (χ4v) is 2.94. The van der Waals surface area contributed by atoms with Crippen LogP contribution in [0.25, 0.3) is 0 Å². The maximum atomic E-state index is 12.0. The van der Waals surface area contributed by atoms with Crippen molar-refractivity contribution in [3.05, 3.63) is 39.0 Å². The number of anilines is 2. The molecule has 1 heterocycles. The highest BCUT2D eigenvalue weighted by Gasteiger charge is 2.20. The summed E-state index contributed by atoms with van der Waals surface area (Å²) in [7, 11) is 0. The Kier molecular flexibility index (Phi) is 5.01. The van der Waals surface area contributed by atoms with Crippen LogP contribution in [0.1, 0.15) is 23.0 Å². The Balaban J connectivity index is 2.34. The molecule has 0 radical (unpaired) electrons. The van der Waals surface area contributed by atoms with Crippen molar-refractivity contribution < 1.29 is 9.53 Å². The van der Waals surface area contributed by atoms with E-state index in [1.807, 2.05) is 12.1 Å². The Morgan fingerprint density at radius 3 is 3.00 bits per heavy atom. The molecule has 0 aliphatic heterocycles. The Morgan fingerprint density at radius 2 is 2.30 bits per heavy atom. The fourth-order valence-electron chi connectivity index (χ4n) is 1.61. The van der Waals surface area contributed by atoms with Crippen LogP contribution in [0.5, 0.6) is 0 Å². The lowest BCUT2D eigenvalue weighted by atomic mass is 10.2. The van der Waals surface area contributed by atoms with Crippen LogP contribution in [0.4, 0.5) is 10.7 Å². The lowest BCUT2D eigenvalue weighted by Crippen LogP contribution is -2.07. The molecule has 0 unspecified atom stereocenters. The van der Waals surface area contributed by atoms with E-state index in [1.54, 1.807) is 19.9 Å². The van der Waals surface area contributed by atoms with Crippen LogP contribution >= 0.6 is 39.1 Å². The van der Waals surface area contributed by atoms with Crippen molar-refractivity contribution in [1.29, 1.82) is 0 Å². The minimum atomic E-state index is -0.382. The Labute approximate surface area is 134 Å². The van der Waals surface area contributed by atoms with Gasteiger partial charge in [-0.15, -0.1) is 0 Å². The molecule has 1 aromatic carbocycles. The number of rotatable bonds is 4. The zero-order chi connectivity index (χ0) is 14.7. The van der Waals surface area contributed by atoms with E-state index < -0.39 is 0 Å². The molecule has 0 atom stereocenters. The molecule has 0 fully saturated rings. The van der Waals surface area contributed by atoms with E-state index in [0.29, 0.717) is 33.6 Å². The maximum absolute atomic E-state index is 12.0. The summed E-state index contributed by atoms with van der Waals surface area (Å²) in [5.41, 5.74) is 1.80. The smallest absolute Gasteiger partial charge is 0.343 e. The van der Waals surface area contributed by atoms with E-state index in [0.717, 1.165) is 4.47 Å². The van der Waals surface area contributed by atoms with E-state index in [2.05, 4.69) is 25.6 Å². The fraction of sp³-hybridized carbons (Fsp3) is 0.231. The van der Waals surface area contributed by atoms with Gasteiger partial charge < -0.3 is 10.1 Å². The SMILES string of the molecule is CCOC(=O)c1c(C)nsc1Nc1cc(Br)ccc1Cl. The third kappa shape index (κ3) is 3.31. The minimum Gasteiger partial charge on any atom is -0.462 e. The first kappa shape index (κ1) is 15.3. The summed E-state index contributed by atoms with van der Waals surface area (Å²) in [5.74, 6) is -0.382. The highest BCUT2D eigenvalue weighted by atomic mass is 79.9. The number of hydrogen-bond donors (Lipinski definition) is 1. The molecule has 1 aromatic heterocycles. The number of ether oxygens (including phenoxy) is 1. The average molecular weight is 376 g/mol. The van der Waals surface area contributed by atoms with Crippen LogP contribution < -0.4 is 5.32 Å². The molecule has 1 N–H and O–H groups in total. The number of carbonyl (C=O) groups is 1. The zero-order valence-corrected chi connectivity index (χ0v) is 14.0. The van der Waals surface area contributed by atoms with Crippen molar-refractivity contribution in [2.24, 2.45) is 0 Å². The topological polar surface area (TPSA) is 51.2 Å². The highest BCUT2D eigenvalue weighted by molar-refractivity contribution is 9.10. The second-order valence-corrected chi connectivity index (χ2v) is 6.04. The number of nitrogens with zero attached hydrogens (tertiary/aromatic N) is 1. The quantitative estimate of drug-likeness (QED) is 0.781. The predicted molar refractivity (Wildman–Crippen MR) is 85.2 cm³/mol. The van der Waals surface area contributed by atoms with Gasteiger partial charge in [-0.1, -0.05) is 27.5 Å². The first-order valence-electron chi connectivity index (χ1n) is 5.88. The molecule has 7 heteroatoms. The summed E-state index contributed by atoms with van der Waals surface area (Å²) in [6, 6.07) is 5.45. The monoisotopic (exact) mass is 374 g/mol. The maximum Gasteiger partial charge on any atom is 0.343 e. The lowest BCUT2D eigenvalue weighted by molar-refractivity contribution is 0.0527. The van der Waals surface area contributed by atoms with E-state index in [9.17, 15) is 4.79 Å². The van der Waals surface area contributed by atoms with Crippen molar-refractivity contribution >= 4 is 55.7 Å². The van der Waals surface area contributed by atoms with Gasteiger partial charge in [-0.3, -0.25) is 0 Å². The Morgan fingerprint density at radius 1 is 1.55 bits per heavy atom. The summed E-state index contributed by atoms with van der Waals surface area (Å²) in [6.45, 7) is 3.87. The van der Waals surface area contributed by atoms with Gasteiger partial charge in [0.15, 0.2) is 0 Å². The molecule has 0 spiro atoms. The van der Waals surface area contributed by atoms with Crippen molar-refractivity contribution in [3.63, 3.8) is 0 Å². The molecule has 106 valence electrons. The van der Waals surface area contributed by atoms with Crippen LogP contribution in [0, 0.1) is 6.92 Å². The number of halogens is 2. The summed E-state index contributed by atoms with van der Waals surface area (Å²) in [4.78, 5) is 12.0. The molecular formula is C13H12BrClN2O2S. The van der Waals surface area contributed by atoms with Gasteiger partial charge in [-0.05, 0) is 43.6 Å². The summed E-state index contributed by atoms with van der Waals surface area (Å²) in [6.07, 6.45) is 0. The first-order valence-corrected chi connectivity index (χ1v) is 7.82. The van der Waals surface area contributed by atoms with Gasteiger partial charge in [-0.25, -0.2) is 4.79 Å². The number of carbonyl (C=O) groups excluding carboxylic acids is 1. The molecule has 2 aromatic rings. The van der Waals surface area contributed by atoms with E-state index in [4.69, 9.17) is 16.3 Å². The lowest BCUT2D eigenvalue weighted by Gasteiger charge is -2.09. The van der Waals surface area contributed by atoms with Crippen LogP contribution in [-0.4, -0.2) is 16.9 Å².